The first-order chi connectivity index (χ1) is 10.2. The largest absolute Gasteiger partial charge is 0.454 e. The topological polar surface area (TPSA) is 53.5 Å². The molecule has 1 saturated carbocycles. The highest BCUT2D eigenvalue weighted by Crippen LogP contribution is 2.41. The number of hydrogen-bond acceptors (Lipinski definition) is 5. The molecule has 108 valence electrons. The van der Waals surface area contributed by atoms with Crippen molar-refractivity contribution in [3.8, 4) is 23.1 Å². The first kappa shape index (κ1) is 12.7. The molecule has 2 aromatic rings. The molecule has 2 aliphatic rings. The highest BCUT2D eigenvalue weighted by Gasteiger charge is 2.28. The Morgan fingerprint density at radius 3 is 2.81 bits per heavy atom. The Balaban J connectivity index is 1.67. The zero-order valence-corrected chi connectivity index (χ0v) is 12.2. The molecule has 0 bridgehead atoms. The van der Waals surface area contributed by atoms with Gasteiger partial charge in [-0.1, -0.05) is 11.6 Å². The summed E-state index contributed by atoms with van der Waals surface area (Å²) in [6, 6.07) is 5.42. The van der Waals surface area contributed by atoms with Crippen LogP contribution >= 0.6 is 11.6 Å². The van der Waals surface area contributed by atoms with Crippen LogP contribution < -0.4 is 14.2 Å². The molecule has 0 unspecified atom stereocenters. The Hall–Kier alpha value is -2.01. The van der Waals surface area contributed by atoms with Gasteiger partial charge in [-0.2, -0.15) is 4.98 Å². The van der Waals surface area contributed by atoms with Crippen molar-refractivity contribution >= 4 is 11.6 Å². The molecule has 5 nitrogen and oxygen atoms in total. The zero-order valence-electron chi connectivity index (χ0n) is 11.4. The number of rotatable bonds is 3. The van der Waals surface area contributed by atoms with E-state index < -0.39 is 0 Å². The smallest absolute Gasteiger partial charge is 0.231 e. The Morgan fingerprint density at radius 1 is 1.19 bits per heavy atom. The fourth-order valence-electron chi connectivity index (χ4n) is 2.16. The molecule has 6 heteroatoms. The fraction of sp³-hybridized carbons (Fsp3) is 0.333. The number of fused-ring (bicyclic) bond motifs is 1. The molecule has 0 atom stereocenters. The molecule has 2 heterocycles. The highest BCUT2D eigenvalue weighted by atomic mass is 35.5. The number of hydrogen-bond donors (Lipinski definition) is 0. The summed E-state index contributed by atoms with van der Waals surface area (Å²) in [5, 5.41) is 0.447. The average Bonchev–Trinajstić information content (AvgIpc) is 3.22. The maximum Gasteiger partial charge on any atom is 0.231 e. The van der Waals surface area contributed by atoms with Crippen LogP contribution in [0.2, 0.25) is 5.15 Å². The molecule has 1 aliphatic heterocycles. The summed E-state index contributed by atoms with van der Waals surface area (Å²) in [6.07, 6.45) is 2.23. The van der Waals surface area contributed by atoms with E-state index in [9.17, 15) is 0 Å². The van der Waals surface area contributed by atoms with Gasteiger partial charge in [0.1, 0.15) is 16.7 Å². The van der Waals surface area contributed by atoms with E-state index in [2.05, 4.69) is 9.97 Å². The molecular weight excluding hydrogens is 292 g/mol. The molecule has 0 radical (unpaired) electrons. The van der Waals surface area contributed by atoms with Crippen molar-refractivity contribution in [2.24, 2.45) is 0 Å². The van der Waals surface area contributed by atoms with Gasteiger partial charge in [0, 0.05) is 17.5 Å². The van der Waals surface area contributed by atoms with Crippen LogP contribution in [0.15, 0.2) is 18.2 Å². The lowest BCUT2D eigenvalue weighted by atomic mass is 10.3. The van der Waals surface area contributed by atoms with E-state index >= 15 is 0 Å². The van der Waals surface area contributed by atoms with Crippen molar-refractivity contribution in [1.29, 1.82) is 0 Å². The number of nitrogens with zero attached hydrogens (tertiary/aromatic N) is 2. The number of ether oxygens (including phenoxy) is 3. The summed E-state index contributed by atoms with van der Waals surface area (Å²) in [7, 11) is 0. The van der Waals surface area contributed by atoms with Crippen LogP contribution in [0.25, 0.3) is 0 Å². The lowest BCUT2D eigenvalue weighted by Gasteiger charge is -2.10. The first-order valence-corrected chi connectivity index (χ1v) is 7.20. The third kappa shape index (κ3) is 2.38. The molecule has 0 amide bonds. The molecule has 21 heavy (non-hydrogen) atoms. The zero-order chi connectivity index (χ0) is 14.4. The van der Waals surface area contributed by atoms with Gasteiger partial charge in [0.2, 0.25) is 12.7 Å². The molecule has 1 aromatic heterocycles. The summed E-state index contributed by atoms with van der Waals surface area (Å²) in [5.74, 6) is 3.71. The van der Waals surface area contributed by atoms with Crippen molar-refractivity contribution in [3.63, 3.8) is 0 Å². The Bertz CT molecular complexity index is 716. The maximum atomic E-state index is 6.18. The minimum atomic E-state index is 0.239. The maximum absolute atomic E-state index is 6.18. The summed E-state index contributed by atoms with van der Waals surface area (Å²) in [4.78, 5) is 8.82. The van der Waals surface area contributed by atoms with Crippen LogP contribution in [0.4, 0.5) is 0 Å². The molecule has 1 aliphatic carbocycles. The van der Waals surface area contributed by atoms with E-state index in [0.29, 0.717) is 28.5 Å². The van der Waals surface area contributed by atoms with Gasteiger partial charge >= 0.3 is 0 Å². The van der Waals surface area contributed by atoms with Gasteiger partial charge in [-0.25, -0.2) is 4.98 Å². The number of aromatic nitrogens is 2. The van der Waals surface area contributed by atoms with E-state index in [-0.39, 0.29) is 6.79 Å². The van der Waals surface area contributed by atoms with Gasteiger partial charge in [0.15, 0.2) is 11.5 Å². The molecule has 4 rings (SSSR count). The minimum Gasteiger partial charge on any atom is -0.454 e. The molecular formula is C15H13ClN2O3. The molecule has 0 saturated heterocycles. The minimum absolute atomic E-state index is 0.239. The predicted molar refractivity (Wildman–Crippen MR) is 76.4 cm³/mol. The number of halogens is 1. The Morgan fingerprint density at radius 2 is 2.00 bits per heavy atom. The third-order valence-electron chi connectivity index (χ3n) is 3.56. The van der Waals surface area contributed by atoms with Gasteiger partial charge in [-0.05, 0) is 31.9 Å². The van der Waals surface area contributed by atoms with E-state index in [1.54, 1.807) is 6.07 Å². The second-order valence-corrected chi connectivity index (χ2v) is 5.55. The fourth-order valence-corrected chi connectivity index (χ4v) is 2.33. The second kappa shape index (κ2) is 4.77. The lowest BCUT2D eigenvalue weighted by Crippen LogP contribution is -2.00. The quantitative estimate of drug-likeness (QED) is 0.806. The monoisotopic (exact) mass is 304 g/mol. The van der Waals surface area contributed by atoms with Crippen molar-refractivity contribution in [1.82, 2.24) is 9.97 Å². The highest BCUT2D eigenvalue weighted by molar-refractivity contribution is 6.30. The number of benzene rings is 1. The van der Waals surface area contributed by atoms with Crippen LogP contribution in [0.1, 0.15) is 30.1 Å². The van der Waals surface area contributed by atoms with E-state index in [0.717, 1.165) is 30.0 Å². The molecule has 0 spiro atoms. The normalized spacial score (nSPS) is 16.1. The van der Waals surface area contributed by atoms with Gasteiger partial charge < -0.3 is 14.2 Å². The van der Waals surface area contributed by atoms with Crippen molar-refractivity contribution in [2.45, 2.75) is 25.7 Å². The van der Waals surface area contributed by atoms with Crippen molar-refractivity contribution < 1.29 is 14.2 Å². The van der Waals surface area contributed by atoms with Gasteiger partial charge in [-0.3, -0.25) is 0 Å². The van der Waals surface area contributed by atoms with Crippen molar-refractivity contribution in [2.75, 3.05) is 6.79 Å². The van der Waals surface area contributed by atoms with Crippen molar-refractivity contribution in [3.05, 3.63) is 34.7 Å². The standard InChI is InChI=1S/C15H13ClN2O3/c1-8-13(16)17-14(9-2-3-9)18-15(8)21-10-4-5-11-12(6-10)20-7-19-11/h4-6,9H,2-3,7H2,1H3. The van der Waals surface area contributed by atoms with Crippen LogP contribution in [-0.2, 0) is 0 Å². The first-order valence-electron chi connectivity index (χ1n) is 6.82. The van der Waals surface area contributed by atoms with E-state index in [1.165, 1.54) is 0 Å². The van der Waals surface area contributed by atoms with E-state index in [1.807, 2.05) is 19.1 Å². The molecule has 0 N–H and O–H groups in total. The summed E-state index contributed by atoms with van der Waals surface area (Å²) >= 11 is 6.18. The molecule has 1 fully saturated rings. The lowest BCUT2D eigenvalue weighted by molar-refractivity contribution is 0.174. The van der Waals surface area contributed by atoms with E-state index in [4.69, 9.17) is 25.8 Å². The molecule has 1 aromatic carbocycles. The van der Waals surface area contributed by atoms with Crippen LogP contribution in [0.5, 0.6) is 23.1 Å². The SMILES string of the molecule is Cc1c(Cl)nc(C2CC2)nc1Oc1ccc2c(c1)OCO2. The van der Waals surface area contributed by atoms with Crippen LogP contribution in [0.3, 0.4) is 0 Å². The van der Waals surface area contributed by atoms with Gasteiger partial charge in [-0.15, -0.1) is 0 Å². The van der Waals surface area contributed by atoms with Gasteiger partial charge in [0.05, 0.1) is 0 Å². The summed E-state index contributed by atoms with van der Waals surface area (Å²) in [5.41, 5.74) is 0.735. The summed E-state index contributed by atoms with van der Waals surface area (Å²) in [6.45, 7) is 2.09. The predicted octanol–water partition coefficient (Wildman–Crippen LogP) is 3.84. The van der Waals surface area contributed by atoms with Gasteiger partial charge in [0.25, 0.3) is 0 Å². The third-order valence-corrected chi connectivity index (χ3v) is 3.93. The Labute approximate surface area is 126 Å². The summed E-state index contributed by atoms with van der Waals surface area (Å²) < 4.78 is 16.5. The Kier molecular flexibility index (Phi) is 2.89. The second-order valence-electron chi connectivity index (χ2n) is 5.19. The van der Waals surface area contributed by atoms with Crippen LogP contribution in [-0.4, -0.2) is 16.8 Å². The van der Waals surface area contributed by atoms with Crippen LogP contribution in [0, 0.1) is 6.92 Å². The average molecular weight is 305 g/mol.